The van der Waals surface area contributed by atoms with Crippen molar-refractivity contribution in [2.75, 3.05) is 19.0 Å². The van der Waals surface area contributed by atoms with Crippen LogP contribution in [0.4, 0.5) is 36.8 Å². The molecule has 1 aliphatic rings. The number of ether oxygens (including phenoxy) is 1. The minimum absolute atomic E-state index is 0.0225. The largest absolute Gasteiger partial charge is 0.497 e. The van der Waals surface area contributed by atoms with Gasteiger partial charge in [0.15, 0.2) is 0 Å². The van der Waals surface area contributed by atoms with Crippen LogP contribution in [0.2, 0.25) is 0 Å². The number of carbonyl (C=O) groups excluding carboxylic acids is 1. The van der Waals surface area contributed by atoms with Crippen LogP contribution in [-0.2, 0) is 18.9 Å². The Morgan fingerprint density at radius 1 is 0.943 bits per heavy atom. The molecule has 2 heterocycles. The van der Waals surface area contributed by atoms with Gasteiger partial charge in [-0.15, -0.1) is 0 Å². The Balaban J connectivity index is 1.72. The number of urea groups is 1. The van der Waals surface area contributed by atoms with E-state index >= 15 is 0 Å². The first kappa shape index (κ1) is 24.5. The van der Waals surface area contributed by atoms with Crippen molar-refractivity contribution in [1.29, 1.82) is 0 Å². The summed E-state index contributed by atoms with van der Waals surface area (Å²) in [5.74, 6) is 0.595. The maximum atomic E-state index is 13.3. The lowest BCUT2D eigenvalue weighted by atomic mass is 10.0. The van der Waals surface area contributed by atoms with E-state index in [0.717, 1.165) is 5.69 Å². The highest BCUT2D eigenvalue weighted by Gasteiger charge is 2.38. The maximum Gasteiger partial charge on any atom is 0.416 e. The van der Waals surface area contributed by atoms with Crippen LogP contribution in [-0.4, -0.2) is 29.2 Å². The average Bonchev–Trinajstić information content (AvgIpc) is 3.17. The Morgan fingerprint density at radius 3 is 2.14 bits per heavy atom. The first-order valence-electron chi connectivity index (χ1n) is 10.6. The van der Waals surface area contributed by atoms with Gasteiger partial charge in [0.25, 0.3) is 0 Å². The SMILES string of the molecule is COc1ccc(C2c3cccn3CCCN2C(=O)Nc2cc(C(F)(F)F)cc(C(F)(F)F)c2)cc1. The van der Waals surface area contributed by atoms with Crippen LogP contribution in [0.1, 0.15) is 34.8 Å². The van der Waals surface area contributed by atoms with Crippen LogP contribution in [0.3, 0.4) is 0 Å². The second kappa shape index (κ2) is 9.20. The molecule has 0 saturated heterocycles. The highest BCUT2D eigenvalue weighted by molar-refractivity contribution is 5.90. The number of fused-ring (bicyclic) bond motifs is 1. The molecule has 1 aliphatic heterocycles. The summed E-state index contributed by atoms with van der Waals surface area (Å²) in [7, 11) is 1.51. The number of anilines is 1. The number of rotatable bonds is 3. The number of hydrogen-bond donors (Lipinski definition) is 1. The first-order chi connectivity index (χ1) is 16.5. The van der Waals surface area contributed by atoms with E-state index in [4.69, 9.17) is 4.74 Å². The van der Waals surface area contributed by atoms with Crippen molar-refractivity contribution in [2.24, 2.45) is 0 Å². The van der Waals surface area contributed by atoms with Crippen molar-refractivity contribution in [2.45, 2.75) is 31.4 Å². The summed E-state index contributed by atoms with van der Waals surface area (Å²) in [5.41, 5.74) is -2.12. The standard InChI is InChI=1S/C24H21F6N3O2/c1-35-19-7-5-15(6-8-19)21-20-4-2-9-32(20)10-3-11-33(21)22(34)31-18-13-16(23(25,26)27)12-17(14-18)24(28,29)30/h2,4-9,12-14,21H,3,10-11H2,1H3,(H,31,34). The smallest absolute Gasteiger partial charge is 0.416 e. The zero-order valence-electron chi connectivity index (χ0n) is 18.5. The molecule has 2 aromatic carbocycles. The quantitative estimate of drug-likeness (QED) is 0.417. The van der Waals surface area contributed by atoms with Crippen molar-refractivity contribution >= 4 is 11.7 Å². The molecule has 2 amide bonds. The number of alkyl halides is 6. The average molecular weight is 497 g/mol. The number of methoxy groups -OCH3 is 1. The maximum absolute atomic E-state index is 13.3. The number of aryl methyl sites for hydroxylation is 1. The van der Waals surface area contributed by atoms with E-state index in [1.807, 2.05) is 22.9 Å². The molecule has 0 saturated carbocycles. The lowest BCUT2D eigenvalue weighted by molar-refractivity contribution is -0.143. The second-order valence-electron chi connectivity index (χ2n) is 8.07. The molecule has 1 unspecified atom stereocenters. The number of carbonyl (C=O) groups is 1. The Bertz CT molecular complexity index is 1170. The fourth-order valence-electron chi connectivity index (χ4n) is 4.16. The Hall–Kier alpha value is -3.63. The number of halogens is 6. The second-order valence-corrected chi connectivity index (χ2v) is 8.07. The minimum atomic E-state index is -5.02. The molecule has 1 aromatic heterocycles. The van der Waals surface area contributed by atoms with E-state index in [9.17, 15) is 31.1 Å². The fourth-order valence-corrected chi connectivity index (χ4v) is 4.16. The van der Waals surface area contributed by atoms with Crippen molar-refractivity contribution < 1.29 is 35.9 Å². The van der Waals surface area contributed by atoms with E-state index in [2.05, 4.69) is 5.32 Å². The van der Waals surface area contributed by atoms with E-state index in [-0.39, 0.29) is 12.6 Å². The summed E-state index contributed by atoms with van der Waals surface area (Å²) in [6, 6.07) is 10.2. The monoisotopic (exact) mass is 497 g/mol. The lowest BCUT2D eigenvalue weighted by Gasteiger charge is -2.31. The number of hydrogen-bond acceptors (Lipinski definition) is 2. The molecule has 4 rings (SSSR count). The first-order valence-corrected chi connectivity index (χ1v) is 10.6. The van der Waals surface area contributed by atoms with Gasteiger partial charge in [-0.3, -0.25) is 0 Å². The minimum Gasteiger partial charge on any atom is -0.497 e. The number of aromatic nitrogens is 1. The van der Waals surface area contributed by atoms with E-state index < -0.39 is 41.2 Å². The summed E-state index contributed by atoms with van der Waals surface area (Å²) >= 11 is 0. The van der Waals surface area contributed by atoms with Gasteiger partial charge in [-0.1, -0.05) is 12.1 Å². The third kappa shape index (κ3) is 5.23. The fraction of sp³-hybridized carbons (Fsp3) is 0.292. The van der Waals surface area contributed by atoms with Crippen LogP contribution >= 0.6 is 0 Å². The highest BCUT2D eigenvalue weighted by atomic mass is 19.4. The van der Waals surface area contributed by atoms with Crippen LogP contribution in [0, 0.1) is 0 Å². The predicted molar refractivity (Wildman–Crippen MR) is 116 cm³/mol. The summed E-state index contributed by atoms with van der Waals surface area (Å²) in [5, 5.41) is 2.26. The van der Waals surface area contributed by atoms with Crippen LogP contribution in [0.15, 0.2) is 60.8 Å². The molecule has 35 heavy (non-hydrogen) atoms. The molecule has 0 bridgehead atoms. The van der Waals surface area contributed by atoms with Gasteiger partial charge in [0.05, 0.1) is 24.3 Å². The van der Waals surface area contributed by atoms with Gasteiger partial charge in [0, 0.05) is 30.7 Å². The summed E-state index contributed by atoms with van der Waals surface area (Å²) in [4.78, 5) is 14.7. The van der Waals surface area contributed by atoms with Gasteiger partial charge < -0.3 is 19.5 Å². The highest BCUT2D eigenvalue weighted by Crippen LogP contribution is 2.38. The Labute approximate surface area is 196 Å². The summed E-state index contributed by atoms with van der Waals surface area (Å²) in [6.45, 7) is 0.829. The van der Waals surface area contributed by atoms with Crippen molar-refractivity contribution in [3.63, 3.8) is 0 Å². The van der Waals surface area contributed by atoms with Gasteiger partial charge >= 0.3 is 18.4 Å². The van der Waals surface area contributed by atoms with Gasteiger partial charge in [-0.2, -0.15) is 26.3 Å². The molecule has 0 spiro atoms. The zero-order valence-corrected chi connectivity index (χ0v) is 18.5. The zero-order chi connectivity index (χ0) is 25.4. The predicted octanol–water partition coefficient (Wildman–Crippen LogP) is 6.56. The van der Waals surface area contributed by atoms with Gasteiger partial charge in [0.1, 0.15) is 5.75 Å². The third-order valence-electron chi connectivity index (χ3n) is 5.79. The topological polar surface area (TPSA) is 46.5 Å². The molecule has 11 heteroatoms. The van der Waals surface area contributed by atoms with Gasteiger partial charge in [-0.05, 0) is 54.4 Å². The van der Waals surface area contributed by atoms with E-state index in [1.165, 1.54) is 12.0 Å². The number of nitrogens with one attached hydrogen (secondary N) is 1. The molecule has 3 aromatic rings. The molecular weight excluding hydrogens is 476 g/mol. The lowest BCUT2D eigenvalue weighted by Crippen LogP contribution is -2.39. The number of nitrogens with zero attached hydrogens (tertiary/aromatic N) is 2. The number of benzene rings is 2. The molecule has 186 valence electrons. The van der Waals surface area contributed by atoms with Gasteiger partial charge in [-0.25, -0.2) is 4.79 Å². The van der Waals surface area contributed by atoms with Crippen molar-refractivity contribution in [3.05, 3.63) is 83.2 Å². The Morgan fingerprint density at radius 2 is 1.57 bits per heavy atom. The molecule has 0 radical (unpaired) electrons. The molecule has 1 N–H and O–H groups in total. The molecule has 5 nitrogen and oxygen atoms in total. The van der Waals surface area contributed by atoms with E-state index in [0.29, 0.717) is 36.4 Å². The molecule has 1 atom stereocenters. The molecule has 0 fully saturated rings. The summed E-state index contributed by atoms with van der Waals surface area (Å²) in [6.07, 6.45) is -7.64. The normalized spacial score (nSPS) is 16.4. The van der Waals surface area contributed by atoms with Crippen LogP contribution in [0.25, 0.3) is 0 Å². The van der Waals surface area contributed by atoms with Crippen molar-refractivity contribution in [1.82, 2.24) is 9.47 Å². The third-order valence-corrected chi connectivity index (χ3v) is 5.79. The van der Waals surface area contributed by atoms with Crippen molar-refractivity contribution in [3.8, 4) is 5.75 Å². The van der Waals surface area contributed by atoms with Gasteiger partial charge in [0.2, 0.25) is 0 Å². The Kier molecular flexibility index (Phi) is 6.44. The summed E-state index contributed by atoms with van der Waals surface area (Å²) < 4.78 is 86.7. The van der Waals surface area contributed by atoms with Crippen LogP contribution in [0.5, 0.6) is 5.75 Å². The van der Waals surface area contributed by atoms with E-state index in [1.54, 1.807) is 24.3 Å². The molecule has 0 aliphatic carbocycles. The number of amides is 2. The molecular formula is C24H21F6N3O2. The van der Waals surface area contributed by atoms with Crippen LogP contribution < -0.4 is 10.1 Å².